The third-order valence-corrected chi connectivity index (χ3v) is 5.47. The molecule has 2 fully saturated rings. The molecule has 0 aliphatic carbocycles. The Hall–Kier alpha value is -2.90. The van der Waals surface area contributed by atoms with Crippen LogP contribution in [0, 0.1) is 0 Å². The van der Waals surface area contributed by atoms with Crippen molar-refractivity contribution in [3.8, 4) is 5.75 Å². The molecule has 2 aromatic rings. The molecule has 4 rings (SSSR count). The molecule has 2 aliphatic rings. The van der Waals surface area contributed by atoms with Crippen LogP contribution >= 0.6 is 0 Å². The molecule has 152 valence electrons. The highest BCUT2D eigenvalue weighted by Crippen LogP contribution is 2.30. The lowest BCUT2D eigenvalue weighted by Crippen LogP contribution is -2.43. The minimum Gasteiger partial charge on any atom is -0.483 e. The number of morpholine rings is 1. The number of nitrogens with two attached hydrogens (primary N) is 1. The van der Waals surface area contributed by atoms with E-state index in [2.05, 4.69) is 22.3 Å². The van der Waals surface area contributed by atoms with Gasteiger partial charge >= 0.3 is 0 Å². The third kappa shape index (κ3) is 4.58. The number of hydrogen-bond acceptors (Lipinski definition) is 5. The fourth-order valence-electron chi connectivity index (χ4n) is 4.06. The lowest BCUT2D eigenvalue weighted by Gasteiger charge is -2.35. The SMILES string of the molecule is NC(=O)c1ccccc1OCC(=O)N[C@@H]1C[C@H]2CO[C@@H](c3ccccc3)CN2C1. The number of nitrogens with zero attached hydrogens (tertiary/aromatic N) is 1. The second-order valence-corrected chi connectivity index (χ2v) is 7.49. The first kappa shape index (κ1) is 19.4. The standard InChI is InChI=1S/C22H25N3O4/c23-22(27)18-8-4-5-9-19(18)29-14-21(26)24-16-10-17-13-28-20(12-25(17)11-16)15-6-2-1-3-7-15/h1-9,16-17,20H,10-14H2,(H2,23,27)(H,24,26)/t16-,17+,20-/m1/s1. The van der Waals surface area contributed by atoms with Crippen LogP contribution in [-0.4, -0.2) is 55.1 Å². The molecule has 2 aromatic carbocycles. The Balaban J connectivity index is 1.28. The van der Waals surface area contributed by atoms with Crippen molar-refractivity contribution >= 4 is 11.8 Å². The highest BCUT2D eigenvalue weighted by atomic mass is 16.5. The Morgan fingerprint density at radius 1 is 1.10 bits per heavy atom. The summed E-state index contributed by atoms with van der Waals surface area (Å²) in [4.78, 5) is 26.2. The van der Waals surface area contributed by atoms with Gasteiger partial charge in [-0.3, -0.25) is 14.5 Å². The van der Waals surface area contributed by atoms with E-state index in [0.717, 1.165) is 19.5 Å². The van der Waals surface area contributed by atoms with E-state index < -0.39 is 5.91 Å². The molecule has 0 saturated carbocycles. The lowest BCUT2D eigenvalue weighted by molar-refractivity contribution is -0.123. The van der Waals surface area contributed by atoms with Crippen LogP contribution in [0.25, 0.3) is 0 Å². The first-order valence-corrected chi connectivity index (χ1v) is 9.81. The van der Waals surface area contributed by atoms with E-state index in [4.69, 9.17) is 15.2 Å². The minimum atomic E-state index is -0.582. The summed E-state index contributed by atoms with van der Waals surface area (Å²) in [5.41, 5.74) is 6.78. The Morgan fingerprint density at radius 2 is 1.86 bits per heavy atom. The summed E-state index contributed by atoms with van der Waals surface area (Å²) in [5, 5.41) is 3.03. The third-order valence-electron chi connectivity index (χ3n) is 5.47. The zero-order valence-corrected chi connectivity index (χ0v) is 16.1. The minimum absolute atomic E-state index is 0.0561. The molecule has 2 heterocycles. The van der Waals surface area contributed by atoms with Gasteiger partial charge in [-0.05, 0) is 24.1 Å². The second-order valence-electron chi connectivity index (χ2n) is 7.49. The average molecular weight is 395 g/mol. The monoisotopic (exact) mass is 395 g/mol. The number of primary amides is 1. The van der Waals surface area contributed by atoms with Gasteiger partial charge in [-0.2, -0.15) is 0 Å². The summed E-state index contributed by atoms with van der Waals surface area (Å²) in [7, 11) is 0. The molecule has 2 aliphatic heterocycles. The van der Waals surface area contributed by atoms with Gasteiger partial charge in [0.15, 0.2) is 6.61 Å². The van der Waals surface area contributed by atoms with Gasteiger partial charge in [-0.25, -0.2) is 0 Å². The number of hydrogen-bond donors (Lipinski definition) is 2. The molecule has 0 bridgehead atoms. The molecule has 0 unspecified atom stereocenters. The zero-order chi connectivity index (χ0) is 20.2. The summed E-state index contributed by atoms with van der Waals surface area (Å²) in [5.74, 6) is -0.477. The summed E-state index contributed by atoms with van der Waals surface area (Å²) >= 11 is 0. The molecular formula is C22H25N3O4. The van der Waals surface area contributed by atoms with Crippen molar-refractivity contribution in [2.75, 3.05) is 26.3 Å². The first-order chi connectivity index (χ1) is 14.1. The number of nitrogens with one attached hydrogen (secondary N) is 1. The summed E-state index contributed by atoms with van der Waals surface area (Å²) in [6.07, 6.45) is 0.918. The maximum Gasteiger partial charge on any atom is 0.258 e. The number of carbonyl (C=O) groups excluding carboxylic acids is 2. The predicted molar refractivity (Wildman–Crippen MR) is 107 cm³/mol. The van der Waals surface area contributed by atoms with Crippen molar-refractivity contribution in [3.63, 3.8) is 0 Å². The molecule has 2 amide bonds. The maximum atomic E-state index is 12.3. The molecular weight excluding hydrogens is 370 g/mol. The molecule has 3 atom stereocenters. The fourth-order valence-corrected chi connectivity index (χ4v) is 4.06. The van der Waals surface area contributed by atoms with Crippen molar-refractivity contribution < 1.29 is 19.1 Å². The number of fused-ring (bicyclic) bond motifs is 1. The molecule has 29 heavy (non-hydrogen) atoms. The van der Waals surface area contributed by atoms with E-state index >= 15 is 0 Å². The Bertz CT molecular complexity index is 873. The fraction of sp³-hybridized carbons (Fsp3) is 0.364. The lowest BCUT2D eigenvalue weighted by atomic mass is 10.1. The van der Waals surface area contributed by atoms with Gasteiger partial charge in [-0.15, -0.1) is 0 Å². The van der Waals surface area contributed by atoms with Gasteiger partial charge in [-0.1, -0.05) is 42.5 Å². The number of carbonyl (C=O) groups is 2. The van der Waals surface area contributed by atoms with Gasteiger partial charge in [0, 0.05) is 25.2 Å². The maximum absolute atomic E-state index is 12.3. The van der Waals surface area contributed by atoms with E-state index in [1.54, 1.807) is 24.3 Å². The van der Waals surface area contributed by atoms with Crippen molar-refractivity contribution in [1.82, 2.24) is 10.2 Å². The first-order valence-electron chi connectivity index (χ1n) is 9.81. The van der Waals surface area contributed by atoms with Crippen molar-refractivity contribution in [1.29, 1.82) is 0 Å². The van der Waals surface area contributed by atoms with Gasteiger partial charge in [0.25, 0.3) is 11.8 Å². The van der Waals surface area contributed by atoms with E-state index in [1.165, 1.54) is 5.56 Å². The van der Waals surface area contributed by atoms with Crippen LogP contribution in [0.1, 0.15) is 28.4 Å². The molecule has 0 spiro atoms. The van der Waals surface area contributed by atoms with Gasteiger partial charge < -0.3 is 20.5 Å². The van der Waals surface area contributed by atoms with Crippen molar-refractivity contribution in [2.24, 2.45) is 5.73 Å². The van der Waals surface area contributed by atoms with Crippen LogP contribution in [0.4, 0.5) is 0 Å². The van der Waals surface area contributed by atoms with Crippen LogP contribution < -0.4 is 15.8 Å². The van der Waals surface area contributed by atoms with Crippen LogP contribution in [0.2, 0.25) is 0 Å². The van der Waals surface area contributed by atoms with Crippen molar-refractivity contribution in [3.05, 3.63) is 65.7 Å². The number of amides is 2. The highest BCUT2D eigenvalue weighted by molar-refractivity contribution is 5.95. The molecule has 2 saturated heterocycles. The Kier molecular flexibility index (Phi) is 5.78. The van der Waals surface area contributed by atoms with E-state index in [9.17, 15) is 9.59 Å². The Morgan fingerprint density at radius 3 is 2.66 bits per heavy atom. The predicted octanol–water partition coefficient (Wildman–Crippen LogP) is 1.49. The van der Waals surface area contributed by atoms with Gasteiger partial charge in [0.1, 0.15) is 5.75 Å². The topological polar surface area (TPSA) is 93.9 Å². The highest BCUT2D eigenvalue weighted by Gasteiger charge is 2.38. The van der Waals surface area contributed by atoms with Gasteiger partial charge in [0.05, 0.1) is 18.3 Å². The number of ether oxygens (including phenoxy) is 2. The molecule has 7 nitrogen and oxygen atoms in total. The summed E-state index contributed by atoms with van der Waals surface area (Å²) < 4.78 is 11.6. The van der Waals surface area contributed by atoms with Gasteiger partial charge in [0.2, 0.25) is 0 Å². The average Bonchev–Trinajstić information content (AvgIpc) is 3.14. The number of para-hydroxylation sites is 1. The second kappa shape index (κ2) is 8.63. The molecule has 7 heteroatoms. The van der Waals surface area contributed by atoms with E-state index in [0.29, 0.717) is 18.4 Å². The largest absolute Gasteiger partial charge is 0.483 e. The van der Waals surface area contributed by atoms with Crippen LogP contribution in [0.3, 0.4) is 0 Å². The smallest absolute Gasteiger partial charge is 0.258 e. The van der Waals surface area contributed by atoms with E-state index in [1.807, 2.05) is 18.2 Å². The molecule has 3 N–H and O–H groups in total. The van der Waals surface area contributed by atoms with Crippen LogP contribution in [0.15, 0.2) is 54.6 Å². The number of rotatable bonds is 6. The van der Waals surface area contributed by atoms with Crippen LogP contribution in [-0.2, 0) is 9.53 Å². The van der Waals surface area contributed by atoms with Crippen molar-refractivity contribution in [2.45, 2.75) is 24.6 Å². The van der Waals surface area contributed by atoms with Crippen LogP contribution in [0.5, 0.6) is 5.75 Å². The Labute approximate surface area is 169 Å². The molecule has 0 radical (unpaired) electrons. The normalized spacial score (nSPS) is 23.9. The summed E-state index contributed by atoms with van der Waals surface area (Å²) in [6.45, 7) is 2.12. The number of benzene rings is 2. The summed E-state index contributed by atoms with van der Waals surface area (Å²) in [6, 6.07) is 17.2. The quantitative estimate of drug-likeness (QED) is 0.773. The van der Waals surface area contributed by atoms with E-state index in [-0.39, 0.29) is 30.2 Å². The zero-order valence-electron chi connectivity index (χ0n) is 16.1. The molecule has 0 aromatic heterocycles.